The molecule has 0 bridgehead atoms. The first-order valence-electron chi connectivity index (χ1n) is 6.71. The number of carbonyl (C=O) groups excluding carboxylic acids is 1. The molecular formula is C13H17N3O5S. The summed E-state index contributed by atoms with van der Waals surface area (Å²) < 4.78 is 0. The van der Waals surface area contributed by atoms with E-state index in [0.717, 1.165) is 19.0 Å². The van der Waals surface area contributed by atoms with E-state index in [4.69, 9.17) is 5.11 Å². The van der Waals surface area contributed by atoms with E-state index in [1.54, 1.807) is 0 Å². The number of hydrogen-bond acceptors (Lipinski definition) is 6. The fourth-order valence-electron chi connectivity index (χ4n) is 1.56. The van der Waals surface area contributed by atoms with Crippen LogP contribution in [0.15, 0.2) is 23.4 Å². The van der Waals surface area contributed by atoms with Crippen molar-refractivity contribution in [2.45, 2.75) is 30.7 Å². The molecule has 22 heavy (non-hydrogen) atoms. The highest BCUT2D eigenvalue weighted by atomic mass is 32.2. The molecule has 9 heteroatoms. The third-order valence-electron chi connectivity index (χ3n) is 2.67. The summed E-state index contributed by atoms with van der Waals surface area (Å²) in [6, 6.07) is 2.84. The average molecular weight is 327 g/mol. The third kappa shape index (κ3) is 7.58. The number of carbonyl (C=O) groups is 2. The lowest BCUT2D eigenvalue weighted by Gasteiger charge is -2.04. The molecule has 0 aromatic carbocycles. The van der Waals surface area contributed by atoms with E-state index in [1.807, 2.05) is 0 Å². The number of thioether (sulfide) groups is 1. The number of aliphatic carboxylic acids is 1. The molecule has 1 rings (SSSR count). The van der Waals surface area contributed by atoms with Crippen LogP contribution >= 0.6 is 11.8 Å². The molecule has 120 valence electrons. The summed E-state index contributed by atoms with van der Waals surface area (Å²) in [4.78, 5) is 35.7. The van der Waals surface area contributed by atoms with Crippen LogP contribution in [-0.4, -0.2) is 39.2 Å². The maximum absolute atomic E-state index is 11.6. The molecule has 1 aromatic heterocycles. The second-order valence-corrected chi connectivity index (χ2v) is 5.45. The van der Waals surface area contributed by atoms with Crippen molar-refractivity contribution < 1.29 is 19.6 Å². The molecule has 0 radical (unpaired) electrons. The van der Waals surface area contributed by atoms with Crippen molar-refractivity contribution in [3.8, 4) is 0 Å². The van der Waals surface area contributed by atoms with Gasteiger partial charge in [0.15, 0.2) is 0 Å². The van der Waals surface area contributed by atoms with Gasteiger partial charge in [0.2, 0.25) is 5.91 Å². The minimum Gasteiger partial charge on any atom is -0.481 e. The Kier molecular flexibility index (Phi) is 7.90. The second-order valence-electron chi connectivity index (χ2n) is 4.45. The average Bonchev–Trinajstić information content (AvgIpc) is 2.48. The number of aromatic nitrogens is 1. The third-order valence-corrected chi connectivity index (χ3v) is 3.62. The van der Waals surface area contributed by atoms with Gasteiger partial charge in [0.25, 0.3) is 5.69 Å². The first kappa shape index (κ1) is 17.9. The van der Waals surface area contributed by atoms with Crippen molar-refractivity contribution in [1.29, 1.82) is 0 Å². The normalized spacial score (nSPS) is 10.2. The molecule has 0 atom stereocenters. The number of unbranched alkanes of at least 4 members (excludes halogenated alkanes) is 2. The van der Waals surface area contributed by atoms with Crippen molar-refractivity contribution in [1.82, 2.24) is 10.3 Å². The summed E-state index contributed by atoms with van der Waals surface area (Å²) in [5.74, 6) is -0.778. The van der Waals surface area contributed by atoms with Gasteiger partial charge in [-0.15, -0.1) is 0 Å². The van der Waals surface area contributed by atoms with E-state index in [-0.39, 0.29) is 23.8 Å². The van der Waals surface area contributed by atoms with Gasteiger partial charge in [-0.3, -0.25) is 19.7 Å². The van der Waals surface area contributed by atoms with Gasteiger partial charge >= 0.3 is 5.97 Å². The van der Waals surface area contributed by atoms with Crippen LogP contribution in [0.25, 0.3) is 0 Å². The van der Waals surface area contributed by atoms with Gasteiger partial charge in [0, 0.05) is 19.0 Å². The van der Waals surface area contributed by atoms with Gasteiger partial charge in [0.1, 0.15) is 6.20 Å². The fourth-order valence-corrected chi connectivity index (χ4v) is 2.23. The maximum atomic E-state index is 11.6. The molecule has 0 saturated carbocycles. The number of rotatable bonds is 10. The van der Waals surface area contributed by atoms with Crippen LogP contribution in [-0.2, 0) is 9.59 Å². The Hall–Kier alpha value is -2.16. The monoisotopic (exact) mass is 327 g/mol. The number of nitro groups is 1. The number of amides is 1. The van der Waals surface area contributed by atoms with Crippen molar-refractivity contribution in [2.75, 3.05) is 12.3 Å². The Morgan fingerprint density at radius 1 is 1.32 bits per heavy atom. The summed E-state index contributed by atoms with van der Waals surface area (Å²) in [6.07, 6.45) is 3.40. The van der Waals surface area contributed by atoms with Gasteiger partial charge in [-0.25, -0.2) is 4.98 Å². The lowest BCUT2D eigenvalue weighted by Crippen LogP contribution is -2.26. The van der Waals surface area contributed by atoms with Crippen LogP contribution in [0.5, 0.6) is 0 Å². The molecule has 0 saturated heterocycles. The Labute approximate surface area is 131 Å². The molecular weight excluding hydrogens is 310 g/mol. The first-order valence-corrected chi connectivity index (χ1v) is 7.69. The number of carboxylic acid groups (broad SMARTS) is 1. The molecule has 0 spiro atoms. The van der Waals surface area contributed by atoms with Crippen molar-refractivity contribution in [2.24, 2.45) is 0 Å². The number of nitrogens with zero attached hydrogens (tertiary/aromatic N) is 2. The molecule has 0 aliphatic rings. The van der Waals surface area contributed by atoms with Crippen LogP contribution in [0.2, 0.25) is 0 Å². The van der Waals surface area contributed by atoms with Gasteiger partial charge in [-0.2, -0.15) is 0 Å². The molecule has 8 nitrogen and oxygen atoms in total. The highest BCUT2D eigenvalue weighted by molar-refractivity contribution is 7.99. The predicted molar refractivity (Wildman–Crippen MR) is 80.7 cm³/mol. The topological polar surface area (TPSA) is 122 Å². The van der Waals surface area contributed by atoms with Gasteiger partial charge in [0.05, 0.1) is 15.7 Å². The van der Waals surface area contributed by atoms with Gasteiger partial charge < -0.3 is 10.4 Å². The number of pyridine rings is 1. The number of carboxylic acids is 1. The highest BCUT2D eigenvalue weighted by Crippen LogP contribution is 2.17. The van der Waals surface area contributed by atoms with E-state index in [1.165, 1.54) is 23.9 Å². The largest absolute Gasteiger partial charge is 0.481 e. The van der Waals surface area contributed by atoms with E-state index in [0.29, 0.717) is 18.0 Å². The van der Waals surface area contributed by atoms with Gasteiger partial charge in [-0.05, 0) is 18.9 Å². The van der Waals surface area contributed by atoms with E-state index >= 15 is 0 Å². The van der Waals surface area contributed by atoms with E-state index in [2.05, 4.69) is 10.3 Å². The van der Waals surface area contributed by atoms with E-state index < -0.39 is 10.9 Å². The second kappa shape index (κ2) is 9.72. The molecule has 1 heterocycles. The summed E-state index contributed by atoms with van der Waals surface area (Å²) in [5, 5.41) is 22.2. The zero-order valence-electron chi connectivity index (χ0n) is 11.9. The number of hydrogen-bond donors (Lipinski definition) is 2. The fraction of sp³-hybridized carbons (Fsp3) is 0.462. The minimum absolute atomic E-state index is 0.0878. The van der Waals surface area contributed by atoms with Crippen LogP contribution in [0.1, 0.15) is 25.7 Å². The zero-order chi connectivity index (χ0) is 16.4. The van der Waals surface area contributed by atoms with Crippen molar-refractivity contribution >= 4 is 29.3 Å². The molecule has 0 unspecified atom stereocenters. The molecule has 0 fully saturated rings. The minimum atomic E-state index is -0.809. The quantitative estimate of drug-likeness (QED) is 0.291. The Morgan fingerprint density at radius 2 is 2.09 bits per heavy atom. The Morgan fingerprint density at radius 3 is 2.68 bits per heavy atom. The van der Waals surface area contributed by atoms with Crippen molar-refractivity contribution in [3.05, 3.63) is 28.4 Å². The highest BCUT2D eigenvalue weighted by Gasteiger charge is 2.07. The van der Waals surface area contributed by atoms with Crippen LogP contribution in [0.4, 0.5) is 5.69 Å². The molecule has 1 amide bonds. The summed E-state index contributed by atoms with van der Waals surface area (Å²) in [5.41, 5.74) is -0.0878. The predicted octanol–water partition coefficient (Wildman–Crippen LogP) is 1.84. The molecule has 0 aliphatic carbocycles. The Balaban J connectivity index is 2.15. The van der Waals surface area contributed by atoms with E-state index in [9.17, 15) is 19.7 Å². The zero-order valence-corrected chi connectivity index (χ0v) is 12.7. The molecule has 0 aliphatic heterocycles. The summed E-state index contributed by atoms with van der Waals surface area (Å²) in [6.45, 7) is 0.507. The maximum Gasteiger partial charge on any atom is 0.303 e. The standard InChI is InChI=1S/C13H17N3O5S/c17-11(14-7-3-1-2-4-13(18)19)9-22-12-6-5-10(8-15-12)16(20)21/h5-6,8H,1-4,7,9H2,(H,14,17)(H,18,19). The summed E-state index contributed by atoms with van der Waals surface area (Å²) >= 11 is 1.20. The van der Waals surface area contributed by atoms with Crippen LogP contribution in [0, 0.1) is 10.1 Å². The lowest BCUT2D eigenvalue weighted by molar-refractivity contribution is -0.385. The molecule has 2 N–H and O–H groups in total. The molecule has 1 aromatic rings. The lowest BCUT2D eigenvalue weighted by atomic mass is 10.2. The Bertz CT molecular complexity index is 521. The van der Waals surface area contributed by atoms with Crippen LogP contribution < -0.4 is 5.32 Å². The van der Waals surface area contributed by atoms with Crippen LogP contribution in [0.3, 0.4) is 0 Å². The summed E-state index contributed by atoms with van der Waals surface area (Å²) in [7, 11) is 0. The first-order chi connectivity index (χ1) is 10.5. The van der Waals surface area contributed by atoms with Crippen molar-refractivity contribution in [3.63, 3.8) is 0 Å². The smallest absolute Gasteiger partial charge is 0.303 e. The number of nitrogens with one attached hydrogen (secondary N) is 1. The van der Waals surface area contributed by atoms with Gasteiger partial charge in [-0.1, -0.05) is 18.2 Å². The SMILES string of the molecule is O=C(O)CCCCCNC(=O)CSc1ccc([N+](=O)[O-])cn1.